The van der Waals surface area contributed by atoms with Gasteiger partial charge in [-0.1, -0.05) is 18.2 Å². The molecule has 0 saturated carbocycles. The van der Waals surface area contributed by atoms with Crippen molar-refractivity contribution < 1.29 is 27.5 Å². The summed E-state index contributed by atoms with van der Waals surface area (Å²) in [5, 5.41) is 0. The summed E-state index contributed by atoms with van der Waals surface area (Å²) in [7, 11) is -2.69. The van der Waals surface area contributed by atoms with Crippen molar-refractivity contribution in [3.05, 3.63) is 29.8 Å². The molecular formula is C19H34O6Si. The molecule has 26 heavy (non-hydrogen) atoms. The second-order valence-corrected chi connectivity index (χ2v) is 8.14. The molecule has 0 unspecified atom stereocenters. The summed E-state index contributed by atoms with van der Waals surface area (Å²) in [5.74, 6) is 0.742. The molecule has 1 rings (SSSR count). The van der Waals surface area contributed by atoms with Gasteiger partial charge in [-0.05, 0) is 52.7 Å². The van der Waals surface area contributed by atoms with E-state index < -0.39 is 15.3 Å². The van der Waals surface area contributed by atoms with Crippen LogP contribution in [0.1, 0.15) is 40.2 Å². The molecule has 7 heteroatoms. The Hall–Kier alpha value is -0.963. The summed E-state index contributed by atoms with van der Waals surface area (Å²) in [6, 6.07) is 8.58. The topological polar surface area (TPSA) is 55.4 Å². The Labute approximate surface area is 159 Å². The van der Waals surface area contributed by atoms with Crippen LogP contribution in [-0.4, -0.2) is 48.3 Å². The van der Waals surface area contributed by atoms with Gasteiger partial charge >= 0.3 is 15.3 Å². The molecule has 0 saturated heterocycles. The molecule has 0 atom stereocenters. The van der Waals surface area contributed by atoms with Gasteiger partial charge in [0.05, 0.1) is 13.2 Å². The summed E-state index contributed by atoms with van der Waals surface area (Å²) in [5.41, 5.74) is 1.05. The van der Waals surface area contributed by atoms with Crippen LogP contribution in [0.15, 0.2) is 24.3 Å². The molecule has 0 bridgehead atoms. The fraction of sp³-hybridized carbons (Fsp3) is 0.684. The second kappa shape index (κ2) is 13.2. The smallest absolute Gasteiger partial charge is 0.441 e. The molecule has 0 fully saturated rings. The minimum atomic E-state index is -2.69. The Morgan fingerprint density at radius 3 is 1.81 bits per heavy atom. The van der Waals surface area contributed by atoms with Gasteiger partial charge < -0.3 is 27.5 Å². The molecule has 0 aliphatic carbocycles. The number of para-hydroxylation sites is 1. The maximum absolute atomic E-state index is 5.93. The third kappa shape index (κ3) is 7.73. The first-order chi connectivity index (χ1) is 12.6. The largest absolute Gasteiger partial charge is 0.501 e. The summed E-state index contributed by atoms with van der Waals surface area (Å²) in [4.78, 5) is 0. The normalized spacial score (nSPS) is 11.9. The van der Waals surface area contributed by atoms with E-state index in [0.29, 0.717) is 39.1 Å². The van der Waals surface area contributed by atoms with Crippen LogP contribution in [0.25, 0.3) is 0 Å². The molecule has 0 amide bonds. The summed E-state index contributed by atoms with van der Waals surface area (Å²) in [6.07, 6.45) is 0.730. The molecule has 1 aromatic carbocycles. The molecular weight excluding hydrogens is 352 g/mol. The lowest BCUT2D eigenvalue weighted by molar-refractivity contribution is -0.242. The van der Waals surface area contributed by atoms with E-state index in [9.17, 15) is 0 Å². The first-order valence-corrected chi connectivity index (χ1v) is 11.5. The van der Waals surface area contributed by atoms with Crippen molar-refractivity contribution in [3.8, 4) is 5.75 Å². The highest BCUT2D eigenvalue weighted by molar-refractivity contribution is 6.60. The van der Waals surface area contributed by atoms with Gasteiger partial charge in [0.15, 0.2) is 0 Å². The van der Waals surface area contributed by atoms with Crippen LogP contribution in [0.2, 0.25) is 6.04 Å². The van der Waals surface area contributed by atoms with Gasteiger partial charge in [0.25, 0.3) is 0 Å². The summed E-state index contributed by atoms with van der Waals surface area (Å²) in [6.45, 7) is 11.7. The third-order valence-electron chi connectivity index (χ3n) is 3.59. The lowest BCUT2D eigenvalue weighted by Gasteiger charge is -2.28. The monoisotopic (exact) mass is 386 g/mol. The molecule has 0 heterocycles. The Balaban J connectivity index is 2.87. The fourth-order valence-corrected chi connectivity index (χ4v) is 5.18. The van der Waals surface area contributed by atoms with Crippen LogP contribution in [0.5, 0.6) is 5.75 Å². The molecule has 0 aliphatic rings. The van der Waals surface area contributed by atoms with Crippen molar-refractivity contribution in [2.24, 2.45) is 0 Å². The van der Waals surface area contributed by atoms with Crippen LogP contribution < -0.4 is 4.74 Å². The van der Waals surface area contributed by atoms with Crippen LogP contribution in [-0.2, 0) is 29.2 Å². The van der Waals surface area contributed by atoms with Crippen LogP contribution in [0.4, 0.5) is 0 Å². The summed E-state index contributed by atoms with van der Waals surface area (Å²) >= 11 is 0. The first kappa shape index (κ1) is 23.1. The zero-order valence-corrected chi connectivity index (χ0v) is 17.8. The highest BCUT2D eigenvalue weighted by Crippen LogP contribution is 2.26. The second-order valence-electron chi connectivity index (χ2n) is 5.41. The zero-order chi connectivity index (χ0) is 19.3. The minimum Gasteiger partial charge on any atom is -0.441 e. The van der Waals surface area contributed by atoms with Crippen molar-refractivity contribution in [1.29, 1.82) is 0 Å². The highest BCUT2D eigenvalue weighted by Gasteiger charge is 2.40. The third-order valence-corrected chi connectivity index (χ3v) is 6.64. The summed E-state index contributed by atoms with van der Waals surface area (Å²) < 4.78 is 34.7. The molecule has 0 aliphatic heterocycles. The SMILES string of the molecule is CCOC(OCC)Oc1ccccc1CC[Si](OCC)(OCC)OCC. The fourth-order valence-electron chi connectivity index (χ4n) is 2.61. The molecule has 150 valence electrons. The molecule has 0 spiro atoms. The number of aryl methyl sites for hydroxylation is 1. The van der Waals surface area contributed by atoms with Crippen molar-refractivity contribution in [1.82, 2.24) is 0 Å². The van der Waals surface area contributed by atoms with Crippen LogP contribution in [0.3, 0.4) is 0 Å². The average molecular weight is 387 g/mol. The average Bonchev–Trinajstić information content (AvgIpc) is 2.62. The predicted molar refractivity (Wildman–Crippen MR) is 103 cm³/mol. The van der Waals surface area contributed by atoms with E-state index in [2.05, 4.69) is 0 Å². The standard InChI is InChI=1S/C19H34O6Si/c1-6-20-19(21-7-2)25-18-14-12-11-13-17(18)15-16-26(22-8-3,23-9-4)24-10-5/h11-14,19H,6-10,15-16H2,1-5H3. The zero-order valence-electron chi connectivity index (χ0n) is 16.8. The lowest BCUT2D eigenvalue weighted by atomic mass is 10.1. The first-order valence-electron chi connectivity index (χ1n) is 9.54. The molecule has 0 aromatic heterocycles. The molecule has 1 aromatic rings. The van der Waals surface area contributed by atoms with E-state index in [1.54, 1.807) is 0 Å². The van der Waals surface area contributed by atoms with Gasteiger partial charge in [-0.15, -0.1) is 0 Å². The Bertz CT molecular complexity index is 462. The van der Waals surface area contributed by atoms with E-state index in [1.165, 1.54) is 0 Å². The van der Waals surface area contributed by atoms with Gasteiger partial charge in [-0.3, -0.25) is 0 Å². The van der Waals surface area contributed by atoms with Gasteiger partial charge in [0, 0.05) is 25.9 Å². The van der Waals surface area contributed by atoms with E-state index >= 15 is 0 Å². The number of hydrogen-bond acceptors (Lipinski definition) is 6. The van der Waals surface area contributed by atoms with Crippen molar-refractivity contribution >= 4 is 8.80 Å². The number of benzene rings is 1. The van der Waals surface area contributed by atoms with Crippen molar-refractivity contribution in [3.63, 3.8) is 0 Å². The number of rotatable bonds is 15. The molecule has 6 nitrogen and oxygen atoms in total. The Kier molecular flexibility index (Phi) is 11.8. The Morgan fingerprint density at radius 1 is 0.769 bits per heavy atom. The molecule has 0 radical (unpaired) electrons. The van der Waals surface area contributed by atoms with Crippen molar-refractivity contribution in [2.45, 2.75) is 53.6 Å². The lowest BCUT2D eigenvalue weighted by Crippen LogP contribution is -2.46. The van der Waals surface area contributed by atoms with E-state index in [1.807, 2.05) is 58.9 Å². The van der Waals surface area contributed by atoms with Gasteiger partial charge in [0.1, 0.15) is 5.75 Å². The van der Waals surface area contributed by atoms with Crippen LogP contribution in [0, 0.1) is 0 Å². The van der Waals surface area contributed by atoms with Crippen LogP contribution >= 0.6 is 0 Å². The van der Waals surface area contributed by atoms with E-state index in [-0.39, 0.29) is 0 Å². The quantitative estimate of drug-likeness (QED) is 0.335. The van der Waals surface area contributed by atoms with E-state index in [0.717, 1.165) is 17.7 Å². The maximum Gasteiger partial charge on any atom is 0.501 e. The predicted octanol–water partition coefficient (Wildman–Crippen LogP) is 4.01. The number of hydrogen-bond donors (Lipinski definition) is 0. The van der Waals surface area contributed by atoms with Gasteiger partial charge in [0.2, 0.25) is 0 Å². The maximum atomic E-state index is 5.93. The van der Waals surface area contributed by atoms with Crippen molar-refractivity contribution in [2.75, 3.05) is 33.0 Å². The van der Waals surface area contributed by atoms with Gasteiger partial charge in [-0.25, -0.2) is 0 Å². The number of ether oxygens (including phenoxy) is 3. The molecule has 0 N–H and O–H groups in total. The van der Waals surface area contributed by atoms with Gasteiger partial charge in [-0.2, -0.15) is 0 Å². The Morgan fingerprint density at radius 2 is 1.31 bits per heavy atom. The van der Waals surface area contributed by atoms with E-state index in [4.69, 9.17) is 27.5 Å². The minimum absolute atomic E-state index is 0.516. The highest BCUT2D eigenvalue weighted by atomic mass is 28.4.